The number of hydrogen-bond donors (Lipinski definition) is 1. The van der Waals surface area contributed by atoms with Gasteiger partial charge in [-0.05, 0) is 25.3 Å². The van der Waals surface area contributed by atoms with Crippen molar-refractivity contribution >= 4 is 0 Å². The van der Waals surface area contributed by atoms with E-state index in [2.05, 4.69) is 36.1 Å². The Bertz CT molecular complexity index is 407. The lowest BCUT2D eigenvalue weighted by Crippen LogP contribution is -2.30. The molecule has 5 nitrogen and oxygen atoms in total. The van der Waals surface area contributed by atoms with Crippen molar-refractivity contribution < 1.29 is 9.47 Å². The minimum absolute atomic E-state index is 0.170. The Morgan fingerprint density at radius 2 is 1.76 bits per heavy atom. The topological polar surface area (TPSA) is 56.3 Å². The summed E-state index contributed by atoms with van der Waals surface area (Å²) in [6, 6.07) is 0.170. The Balaban J connectivity index is 3.13. The molecule has 120 valence electrons. The average molecular weight is 295 g/mol. The predicted octanol–water partition coefficient (Wildman–Crippen LogP) is 3.36. The summed E-state index contributed by atoms with van der Waals surface area (Å²) >= 11 is 0. The first-order valence-corrected chi connectivity index (χ1v) is 7.89. The van der Waals surface area contributed by atoms with Gasteiger partial charge in [0.2, 0.25) is 11.8 Å². The molecule has 0 aliphatic rings. The van der Waals surface area contributed by atoms with Gasteiger partial charge in [0, 0.05) is 0 Å². The quantitative estimate of drug-likeness (QED) is 0.717. The molecule has 0 amide bonds. The number of nitrogens with zero attached hydrogens (tertiary/aromatic N) is 2. The van der Waals surface area contributed by atoms with Crippen LogP contribution in [0.1, 0.15) is 58.2 Å². The van der Waals surface area contributed by atoms with Gasteiger partial charge in [0.05, 0.1) is 26.5 Å². The maximum atomic E-state index is 5.43. The summed E-state index contributed by atoms with van der Waals surface area (Å²) in [5, 5.41) is 3.56. The van der Waals surface area contributed by atoms with Crippen LogP contribution in [0.4, 0.5) is 0 Å². The van der Waals surface area contributed by atoms with Gasteiger partial charge >= 0.3 is 0 Å². The van der Waals surface area contributed by atoms with E-state index in [0.717, 1.165) is 12.2 Å². The molecule has 0 fully saturated rings. The number of aromatic nitrogens is 2. The number of rotatable bonds is 10. The first-order chi connectivity index (χ1) is 10.2. The molecular formula is C16H29N3O2. The number of nitrogens with one attached hydrogen (secondary N) is 1. The highest BCUT2D eigenvalue weighted by atomic mass is 16.5. The van der Waals surface area contributed by atoms with Crippen LogP contribution in [-0.4, -0.2) is 30.7 Å². The van der Waals surface area contributed by atoms with Gasteiger partial charge in [-0.1, -0.05) is 33.6 Å². The van der Waals surface area contributed by atoms with E-state index < -0.39 is 0 Å². The lowest BCUT2D eigenvalue weighted by atomic mass is 9.88. The van der Waals surface area contributed by atoms with E-state index in [-0.39, 0.29) is 6.04 Å². The number of ether oxygens (including phenoxy) is 2. The highest BCUT2D eigenvalue weighted by Gasteiger charge is 2.26. The Morgan fingerprint density at radius 3 is 2.24 bits per heavy atom. The molecule has 0 aliphatic carbocycles. The Labute approximate surface area is 128 Å². The molecule has 5 heteroatoms. The molecule has 0 saturated carbocycles. The second kappa shape index (κ2) is 9.55. The zero-order chi connectivity index (χ0) is 15.7. The van der Waals surface area contributed by atoms with E-state index in [9.17, 15) is 0 Å². The van der Waals surface area contributed by atoms with Crippen LogP contribution in [0.3, 0.4) is 0 Å². The second-order valence-corrected chi connectivity index (χ2v) is 5.18. The van der Waals surface area contributed by atoms with Gasteiger partial charge in [0.15, 0.2) is 0 Å². The smallest absolute Gasteiger partial charge is 0.240 e. The van der Waals surface area contributed by atoms with Crippen LogP contribution in [0, 0.1) is 5.92 Å². The van der Waals surface area contributed by atoms with Crippen molar-refractivity contribution in [3.05, 3.63) is 11.9 Å². The predicted molar refractivity (Wildman–Crippen MR) is 84.9 cm³/mol. The molecule has 1 atom stereocenters. The Hall–Kier alpha value is -1.36. The van der Waals surface area contributed by atoms with Gasteiger partial charge in [-0.3, -0.25) is 0 Å². The van der Waals surface area contributed by atoms with Crippen molar-refractivity contribution in [2.24, 2.45) is 5.92 Å². The van der Waals surface area contributed by atoms with E-state index in [0.29, 0.717) is 17.7 Å². The van der Waals surface area contributed by atoms with E-state index in [1.807, 2.05) is 0 Å². The molecule has 0 aliphatic heterocycles. The van der Waals surface area contributed by atoms with Gasteiger partial charge in [0.25, 0.3) is 0 Å². The van der Waals surface area contributed by atoms with Crippen LogP contribution in [0.15, 0.2) is 6.20 Å². The minimum atomic E-state index is 0.170. The summed E-state index contributed by atoms with van der Waals surface area (Å²) in [6.45, 7) is 7.46. The third-order valence-electron chi connectivity index (χ3n) is 3.66. The van der Waals surface area contributed by atoms with Crippen LogP contribution in [-0.2, 0) is 0 Å². The molecule has 0 aromatic carbocycles. The number of methoxy groups -OCH3 is 2. The summed E-state index contributed by atoms with van der Waals surface area (Å²) < 4.78 is 10.6. The minimum Gasteiger partial charge on any atom is -0.480 e. The van der Waals surface area contributed by atoms with Crippen molar-refractivity contribution in [2.75, 3.05) is 20.8 Å². The standard InChI is InChI=1S/C16H29N3O2/c1-6-9-12(10-7-2)14(17-8-3)15-16(21-5)19-13(20-4)11-18-15/h11-12,14,17H,6-10H2,1-5H3. The Kier molecular flexibility index (Phi) is 8.05. The first kappa shape index (κ1) is 17.7. The monoisotopic (exact) mass is 295 g/mol. The van der Waals surface area contributed by atoms with Crippen LogP contribution in [0.5, 0.6) is 11.8 Å². The normalized spacial score (nSPS) is 12.5. The average Bonchev–Trinajstić information content (AvgIpc) is 2.52. The molecule has 1 heterocycles. The molecule has 1 aromatic heterocycles. The van der Waals surface area contributed by atoms with Crippen molar-refractivity contribution in [3.63, 3.8) is 0 Å². The third kappa shape index (κ3) is 4.84. The van der Waals surface area contributed by atoms with Gasteiger partial charge in [-0.15, -0.1) is 0 Å². The van der Waals surface area contributed by atoms with Crippen molar-refractivity contribution in [1.82, 2.24) is 15.3 Å². The lowest BCUT2D eigenvalue weighted by Gasteiger charge is -2.28. The third-order valence-corrected chi connectivity index (χ3v) is 3.66. The summed E-state index contributed by atoms with van der Waals surface area (Å²) in [7, 11) is 3.21. The molecular weight excluding hydrogens is 266 g/mol. The van der Waals surface area contributed by atoms with Crippen molar-refractivity contribution in [2.45, 2.75) is 52.5 Å². The van der Waals surface area contributed by atoms with E-state index in [1.54, 1.807) is 20.4 Å². The SMILES string of the molecule is CCCC(CCC)C(NCC)c1ncc(OC)nc1OC. The maximum Gasteiger partial charge on any atom is 0.240 e. The largest absolute Gasteiger partial charge is 0.480 e. The molecule has 1 unspecified atom stereocenters. The summed E-state index contributed by atoms with van der Waals surface area (Å²) in [5.41, 5.74) is 0.882. The van der Waals surface area contributed by atoms with Gasteiger partial charge < -0.3 is 14.8 Å². The molecule has 0 radical (unpaired) electrons. The summed E-state index contributed by atoms with van der Waals surface area (Å²) in [6.07, 6.45) is 6.33. The van der Waals surface area contributed by atoms with E-state index in [4.69, 9.17) is 9.47 Å². The molecule has 21 heavy (non-hydrogen) atoms. The number of hydrogen-bond acceptors (Lipinski definition) is 5. The fraction of sp³-hybridized carbons (Fsp3) is 0.750. The van der Waals surface area contributed by atoms with E-state index >= 15 is 0 Å². The Morgan fingerprint density at radius 1 is 1.10 bits per heavy atom. The van der Waals surface area contributed by atoms with Crippen LogP contribution in [0.25, 0.3) is 0 Å². The molecule has 0 spiro atoms. The molecule has 0 saturated heterocycles. The van der Waals surface area contributed by atoms with E-state index in [1.165, 1.54) is 25.7 Å². The molecule has 1 aromatic rings. The van der Waals surface area contributed by atoms with Crippen LogP contribution in [0.2, 0.25) is 0 Å². The van der Waals surface area contributed by atoms with Gasteiger partial charge in [-0.2, -0.15) is 4.98 Å². The van der Waals surface area contributed by atoms with Crippen LogP contribution < -0.4 is 14.8 Å². The summed E-state index contributed by atoms with van der Waals surface area (Å²) in [5.74, 6) is 1.57. The zero-order valence-electron chi connectivity index (χ0n) is 14.0. The van der Waals surface area contributed by atoms with Gasteiger partial charge in [-0.25, -0.2) is 4.98 Å². The van der Waals surface area contributed by atoms with Crippen molar-refractivity contribution in [3.8, 4) is 11.8 Å². The fourth-order valence-corrected chi connectivity index (χ4v) is 2.75. The highest BCUT2D eigenvalue weighted by Crippen LogP contribution is 2.33. The maximum absolute atomic E-state index is 5.43. The fourth-order valence-electron chi connectivity index (χ4n) is 2.75. The zero-order valence-corrected chi connectivity index (χ0v) is 14.0. The second-order valence-electron chi connectivity index (χ2n) is 5.18. The first-order valence-electron chi connectivity index (χ1n) is 7.89. The highest BCUT2D eigenvalue weighted by molar-refractivity contribution is 5.26. The summed E-state index contributed by atoms with van der Waals surface area (Å²) in [4.78, 5) is 8.92. The van der Waals surface area contributed by atoms with Crippen LogP contribution >= 0.6 is 0 Å². The molecule has 1 N–H and O–H groups in total. The lowest BCUT2D eigenvalue weighted by molar-refractivity contribution is 0.294. The van der Waals surface area contributed by atoms with Gasteiger partial charge in [0.1, 0.15) is 5.69 Å². The molecule has 1 rings (SSSR count). The molecule has 0 bridgehead atoms. The van der Waals surface area contributed by atoms with Crippen molar-refractivity contribution in [1.29, 1.82) is 0 Å².